The van der Waals surface area contributed by atoms with Crippen molar-refractivity contribution in [3.05, 3.63) is 35.4 Å². The summed E-state index contributed by atoms with van der Waals surface area (Å²) in [6, 6.07) is 8.10. The Morgan fingerprint density at radius 1 is 1.21 bits per heavy atom. The lowest BCUT2D eigenvalue weighted by molar-refractivity contribution is -0.0153. The molecule has 0 saturated heterocycles. The average Bonchev–Trinajstić information content (AvgIpc) is 2.35. The fraction of sp³-hybridized carbons (Fsp3) is 0.625. The van der Waals surface area contributed by atoms with Crippen LogP contribution in [0.4, 0.5) is 0 Å². The molecule has 0 amide bonds. The lowest BCUT2D eigenvalue weighted by Crippen LogP contribution is -2.41. The minimum atomic E-state index is -0.406. The van der Waals surface area contributed by atoms with E-state index in [0.717, 1.165) is 17.5 Å². The molecule has 0 aliphatic rings. The number of aliphatic hydroxyl groups is 1. The van der Waals surface area contributed by atoms with Crippen LogP contribution in [0.1, 0.15) is 38.3 Å². The molecule has 19 heavy (non-hydrogen) atoms. The summed E-state index contributed by atoms with van der Waals surface area (Å²) in [5.41, 5.74) is 7.67. The second-order valence-corrected chi connectivity index (χ2v) is 6.17. The van der Waals surface area contributed by atoms with Gasteiger partial charge in [-0.15, -0.1) is 0 Å². The van der Waals surface area contributed by atoms with Gasteiger partial charge in [0.05, 0.1) is 12.2 Å². The summed E-state index contributed by atoms with van der Waals surface area (Å²) in [6.45, 7) is 9.21. The van der Waals surface area contributed by atoms with E-state index in [0.29, 0.717) is 13.2 Å². The highest BCUT2D eigenvalue weighted by Gasteiger charge is 2.31. The minimum absolute atomic E-state index is 0.0435. The molecule has 0 fully saturated rings. The maximum atomic E-state index is 9.85. The number of aryl methyl sites for hydroxylation is 1. The number of rotatable bonds is 6. The van der Waals surface area contributed by atoms with Gasteiger partial charge >= 0.3 is 0 Å². The van der Waals surface area contributed by atoms with E-state index in [-0.39, 0.29) is 12.2 Å². The fourth-order valence-corrected chi connectivity index (χ4v) is 2.30. The van der Waals surface area contributed by atoms with Crippen LogP contribution >= 0.6 is 0 Å². The Hall–Kier alpha value is -0.900. The van der Waals surface area contributed by atoms with Crippen LogP contribution in [0.3, 0.4) is 0 Å². The third-order valence-corrected chi connectivity index (χ3v) is 3.53. The van der Waals surface area contributed by atoms with Crippen LogP contribution in [0, 0.1) is 6.92 Å². The summed E-state index contributed by atoms with van der Waals surface area (Å²) < 4.78 is 5.78. The predicted molar refractivity (Wildman–Crippen MR) is 79.3 cm³/mol. The summed E-state index contributed by atoms with van der Waals surface area (Å²) in [7, 11) is 0. The average molecular weight is 265 g/mol. The standard InChI is InChI=1S/C16H27NO2/c1-13-7-5-6-8-14(13)16(11-17,12-18)9-10-19-15(2,3)4/h5-8,18H,9-12,17H2,1-4H3. The van der Waals surface area contributed by atoms with Crippen molar-refractivity contribution >= 4 is 0 Å². The van der Waals surface area contributed by atoms with Gasteiger partial charge in [0.2, 0.25) is 0 Å². The first kappa shape index (κ1) is 16.2. The Labute approximate surface area is 116 Å². The van der Waals surface area contributed by atoms with Crippen LogP contribution in [-0.4, -0.2) is 30.5 Å². The Balaban J connectivity index is 2.89. The van der Waals surface area contributed by atoms with E-state index < -0.39 is 5.41 Å². The van der Waals surface area contributed by atoms with Gasteiger partial charge in [0, 0.05) is 18.6 Å². The molecular formula is C16H27NO2. The molecule has 0 aliphatic heterocycles. The van der Waals surface area contributed by atoms with Crippen LogP contribution in [0.15, 0.2) is 24.3 Å². The van der Waals surface area contributed by atoms with E-state index in [1.807, 2.05) is 32.9 Å². The molecule has 0 aromatic heterocycles. The third-order valence-electron chi connectivity index (χ3n) is 3.53. The predicted octanol–water partition coefficient (Wildman–Crippen LogP) is 2.39. The molecule has 3 heteroatoms. The second kappa shape index (κ2) is 6.51. The number of aliphatic hydroxyl groups excluding tert-OH is 1. The van der Waals surface area contributed by atoms with Gasteiger partial charge in [-0.3, -0.25) is 0 Å². The molecule has 0 aliphatic carbocycles. The molecule has 1 atom stereocenters. The van der Waals surface area contributed by atoms with Gasteiger partial charge in [-0.2, -0.15) is 0 Å². The molecule has 0 saturated carbocycles. The van der Waals surface area contributed by atoms with E-state index >= 15 is 0 Å². The van der Waals surface area contributed by atoms with Gasteiger partial charge in [-0.25, -0.2) is 0 Å². The lowest BCUT2D eigenvalue weighted by Gasteiger charge is -2.33. The Morgan fingerprint density at radius 2 is 1.84 bits per heavy atom. The van der Waals surface area contributed by atoms with Crippen LogP contribution < -0.4 is 5.73 Å². The van der Waals surface area contributed by atoms with Crippen molar-refractivity contribution in [1.29, 1.82) is 0 Å². The molecule has 0 radical (unpaired) electrons. The van der Waals surface area contributed by atoms with Crippen molar-refractivity contribution < 1.29 is 9.84 Å². The molecule has 3 nitrogen and oxygen atoms in total. The van der Waals surface area contributed by atoms with Crippen molar-refractivity contribution in [2.24, 2.45) is 5.73 Å². The van der Waals surface area contributed by atoms with Gasteiger partial charge in [-0.1, -0.05) is 24.3 Å². The first-order valence-corrected chi connectivity index (χ1v) is 6.86. The summed E-state index contributed by atoms with van der Waals surface area (Å²) in [5, 5.41) is 9.85. The smallest absolute Gasteiger partial charge is 0.0598 e. The van der Waals surface area contributed by atoms with E-state index in [2.05, 4.69) is 19.1 Å². The molecule has 3 N–H and O–H groups in total. The number of hydrogen-bond acceptors (Lipinski definition) is 3. The van der Waals surface area contributed by atoms with E-state index in [1.54, 1.807) is 0 Å². The molecular weight excluding hydrogens is 238 g/mol. The minimum Gasteiger partial charge on any atom is -0.395 e. The van der Waals surface area contributed by atoms with Crippen molar-refractivity contribution in [3.63, 3.8) is 0 Å². The van der Waals surface area contributed by atoms with Crippen LogP contribution in [0.5, 0.6) is 0 Å². The maximum absolute atomic E-state index is 9.85. The van der Waals surface area contributed by atoms with Gasteiger partial charge in [0.25, 0.3) is 0 Å². The third kappa shape index (κ3) is 4.30. The fourth-order valence-electron chi connectivity index (χ4n) is 2.30. The Kier molecular flexibility index (Phi) is 5.53. The lowest BCUT2D eigenvalue weighted by atomic mass is 9.76. The second-order valence-electron chi connectivity index (χ2n) is 6.17. The van der Waals surface area contributed by atoms with Gasteiger partial charge < -0.3 is 15.6 Å². The number of nitrogens with two attached hydrogens (primary N) is 1. The van der Waals surface area contributed by atoms with Crippen LogP contribution in [-0.2, 0) is 10.2 Å². The normalized spacial score (nSPS) is 15.3. The van der Waals surface area contributed by atoms with Crippen molar-refractivity contribution in [2.45, 2.75) is 45.1 Å². The summed E-state index contributed by atoms with van der Waals surface area (Å²) >= 11 is 0. The Morgan fingerprint density at radius 3 is 2.32 bits per heavy atom. The van der Waals surface area contributed by atoms with E-state index in [4.69, 9.17) is 10.5 Å². The van der Waals surface area contributed by atoms with Crippen molar-refractivity contribution in [3.8, 4) is 0 Å². The quantitative estimate of drug-likeness (QED) is 0.830. The number of hydrogen-bond donors (Lipinski definition) is 2. The zero-order valence-corrected chi connectivity index (χ0v) is 12.6. The van der Waals surface area contributed by atoms with E-state index in [9.17, 15) is 5.11 Å². The van der Waals surface area contributed by atoms with Gasteiger partial charge in [-0.05, 0) is 45.2 Å². The number of ether oxygens (including phenoxy) is 1. The molecule has 0 heterocycles. The Bertz CT molecular complexity index is 392. The van der Waals surface area contributed by atoms with E-state index in [1.165, 1.54) is 0 Å². The van der Waals surface area contributed by atoms with Gasteiger partial charge in [0.1, 0.15) is 0 Å². The summed E-state index contributed by atoms with van der Waals surface area (Å²) in [6.07, 6.45) is 0.724. The number of benzene rings is 1. The monoisotopic (exact) mass is 265 g/mol. The molecule has 1 aromatic carbocycles. The molecule has 1 unspecified atom stereocenters. The largest absolute Gasteiger partial charge is 0.395 e. The maximum Gasteiger partial charge on any atom is 0.0598 e. The zero-order valence-electron chi connectivity index (χ0n) is 12.6. The van der Waals surface area contributed by atoms with Crippen molar-refractivity contribution in [1.82, 2.24) is 0 Å². The molecule has 108 valence electrons. The van der Waals surface area contributed by atoms with Crippen LogP contribution in [0.2, 0.25) is 0 Å². The molecule has 0 spiro atoms. The zero-order chi connectivity index (χ0) is 14.5. The first-order valence-electron chi connectivity index (χ1n) is 6.86. The first-order chi connectivity index (χ1) is 8.84. The molecule has 1 rings (SSSR count). The highest BCUT2D eigenvalue weighted by atomic mass is 16.5. The topological polar surface area (TPSA) is 55.5 Å². The highest BCUT2D eigenvalue weighted by molar-refractivity contribution is 5.34. The molecule has 0 bridgehead atoms. The summed E-state index contributed by atoms with van der Waals surface area (Å²) in [5.74, 6) is 0. The SMILES string of the molecule is Cc1ccccc1C(CN)(CO)CCOC(C)(C)C. The molecule has 1 aromatic rings. The van der Waals surface area contributed by atoms with Crippen LogP contribution in [0.25, 0.3) is 0 Å². The highest BCUT2D eigenvalue weighted by Crippen LogP contribution is 2.30. The van der Waals surface area contributed by atoms with Crippen molar-refractivity contribution in [2.75, 3.05) is 19.8 Å². The van der Waals surface area contributed by atoms with Gasteiger partial charge in [0.15, 0.2) is 0 Å². The summed E-state index contributed by atoms with van der Waals surface area (Å²) in [4.78, 5) is 0.